The molecule has 0 bridgehead atoms. The standard InChI is InChI=1S/C22H24N2O2S/c1-17(2)24(20-7-5-4-6-8-20)21-13-11-19(12-14-21)23-27(25,26)22-15-9-18(3)10-16-22/h4-17,23H,1-3H3. The van der Waals surface area contributed by atoms with Crippen LogP contribution in [0.15, 0.2) is 83.8 Å². The van der Waals surface area contributed by atoms with E-state index in [4.69, 9.17) is 0 Å². The highest BCUT2D eigenvalue weighted by atomic mass is 32.2. The molecule has 0 fully saturated rings. The summed E-state index contributed by atoms with van der Waals surface area (Å²) < 4.78 is 27.7. The van der Waals surface area contributed by atoms with Gasteiger partial charge in [0.15, 0.2) is 0 Å². The minimum Gasteiger partial charge on any atom is -0.339 e. The molecule has 0 aliphatic carbocycles. The number of benzene rings is 3. The number of nitrogens with zero attached hydrogens (tertiary/aromatic N) is 1. The number of para-hydroxylation sites is 1. The van der Waals surface area contributed by atoms with Gasteiger partial charge in [0.25, 0.3) is 10.0 Å². The Hall–Kier alpha value is -2.79. The molecule has 3 aromatic carbocycles. The highest BCUT2D eigenvalue weighted by Gasteiger charge is 2.16. The van der Waals surface area contributed by atoms with Crippen molar-refractivity contribution in [2.24, 2.45) is 0 Å². The fourth-order valence-electron chi connectivity index (χ4n) is 2.96. The molecule has 0 saturated heterocycles. The van der Waals surface area contributed by atoms with Crippen molar-refractivity contribution in [2.75, 3.05) is 9.62 Å². The quantitative estimate of drug-likeness (QED) is 0.628. The summed E-state index contributed by atoms with van der Waals surface area (Å²) >= 11 is 0. The van der Waals surface area contributed by atoms with E-state index in [9.17, 15) is 8.42 Å². The molecule has 0 saturated carbocycles. The number of rotatable bonds is 6. The first kappa shape index (κ1) is 19.0. The van der Waals surface area contributed by atoms with Gasteiger partial charge in [-0.2, -0.15) is 0 Å². The van der Waals surface area contributed by atoms with Crippen LogP contribution in [0.4, 0.5) is 17.1 Å². The van der Waals surface area contributed by atoms with Gasteiger partial charge in [-0.05, 0) is 69.3 Å². The van der Waals surface area contributed by atoms with Crippen molar-refractivity contribution < 1.29 is 8.42 Å². The molecule has 0 aliphatic heterocycles. The van der Waals surface area contributed by atoms with E-state index in [-0.39, 0.29) is 10.9 Å². The summed E-state index contributed by atoms with van der Waals surface area (Å²) in [4.78, 5) is 2.46. The SMILES string of the molecule is Cc1ccc(S(=O)(=O)Nc2ccc(N(c3ccccc3)C(C)C)cc2)cc1. The first-order chi connectivity index (χ1) is 12.9. The zero-order valence-electron chi connectivity index (χ0n) is 15.8. The lowest BCUT2D eigenvalue weighted by Crippen LogP contribution is -2.25. The van der Waals surface area contributed by atoms with Crippen LogP contribution in [-0.2, 0) is 10.0 Å². The van der Waals surface area contributed by atoms with Gasteiger partial charge in [-0.1, -0.05) is 35.9 Å². The van der Waals surface area contributed by atoms with Gasteiger partial charge < -0.3 is 4.90 Å². The maximum atomic E-state index is 12.5. The summed E-state index contributed by atoms with van der Waals surface area (Å²) in [5.41, 5.74) is 3.67. The summed E-state index contributed by atoms with van der Waals surface area (Å²) in [5, 5.41) is 0. The molecule has 0 amide bonds. The number of hydrogen-bond donors (Lipinski definition) is 1. The molecule has 1 N–H and O–H groups in total. The maximum Gasteiger partial charge on any atom is 0.261 e. The van der Waals surface area contributed by atoms with Gasteiger partial charge in [0, 0.05) is 23.1 Å². The van der Waals surface area contributed by atoms with Crippen molar-refractivity contribution >= 4 is 27.1 Å². The van der Waals surface area contributed by atoms with E-state index >= 15 is 0 Å². The molecule has 0 unspecified atom stereocenters. The van der Waals surface area contributed by atoms with Crippen molar-refractivity contribution in [3.8, 4) is 0 Å². The van der Waals surface area contributed by atoms with Crippen molar-refractivity contribution in [3.63, 3.8) is 0 Å². The zero-order chi connectivity index (χ0) is 19.4. The van der Waals surface area contributed by atoms with Crippen LogP contribution in [0.3, 0.4) is 0 Å². The van der Waals surface area contributed by atoms with Crippen molar-refractivity contribution in [2.45, 2.75) is 31.7 Å². The van der Waals surface area contributed by atoms with Gasteiger partial charge in [0.2, 0.25) is 0 Å². The fourth-order valence-corrected chi connectivity index (χ4v) is 4.01. The zero-order valence-corrected chi connectivity index (χ0v) is 16.6. The molecule has 0 radical (unpaired) electrons. The minimum absolute atomic E-state index is 0.255. The third-order valence-corrected chi connectivity index (χ3v) is 5.68. The van der Waals surface area contributed by atoms with Crippen LogP contribution in [0.2, 0.25) is 0 Å². The second-order valence-electron chi connectivity index (χ2n) is 6.76. The first-order valence-corrected chi connectivity index (χ1v) is 10.4. The molecular formula is C22H24N2O2S. The molecule has 27 heavy (non-hydrogen) atoms. The molecule has 0 spiro atoms. The fraction of sp³-hybridized carbons (Fsp3) is 0.182. The third-order valence-electron chi connectivity index (χ3n) is 4.28. The van der Waals surface area contributed by atoms with E-state index in [2.05, 4.69) is 35.6 Å². The Kier molecular flexibility index (Phi) is 5.51. The Morgan fingerprint density at radius 1 is 0.778 bits per heavy atom. The predicted octanol–water partition coefficient (Wildman–Crippen LogP) is 5.34. The van der Waals surface area contributed by atoms with Gasteiger partial charge >= 0.3 is 0 Å². The Morgan fingerprint density at radius 2 is 1.33 bits per heavy atom. The second kappa shape index (κ2) is 7.84. The molecule has 3 aromatic rings. The smallest absolute Gasteiger partial charge is 0.261 e. The second-order valence-corrected chi connectivity index (χ2v) is 8.45. The lowest BCUT2D eigenvalue weighted by atomic mass is 10.2. The number of aryl methyl sites for hydroxylation is 1. The van der Waals surface area contributed by atoms with Crippen LogP contribution < -0.4 is 9.62 Å². The van der Waals surface area contributed by atoms with Crippen molar-refractivity contribution in [3.05, 3.63) is 84.4 Å². The molecule has 140 valence electrons. The molecule has 3 rings (SSSR count). The summed E-state index contributed by atoms with van der Waals surface area (Å²) in [7, 11) is -3.60. The minimum atomic E-state index is -3.60. The van der Waals surface area contributed by atoms with Crippen LogP contribution in [0, 0.1) is 6.92 Å². The Labute approximate surface area is 161 Å². The molecule has 5 heteroatoms. The summed E-state index contributed by atoms with van der Waals surface area (Å²) in [6.45, 7) is 6.18. The Morgan fingerprint density at radius 3 is 1.89 bits per heavy atom. The van der Waals surface area contributed by atoms with Gasteiger partial charge in [0.05, 0.1) is 4.90 Å². The lowest BCUT2D eigenvalue weighted by Gasteiger charge is -2.29. The number of anilines is 3. The highest BCUT2D eigenvalue weighted by Crippen LogP contribution is 2.29. The van der Waals surface area contributed by atoms with E-state index in [0.29, 0.717) is 5.69 Å². The highest BCUT2D eigenvalue weighted by molar-refractivity contribution is 7.92. The average molecular weight is 381 g/mol. The van der Waals surface area contributed by atoms with Crippen LogP contribution in [0.25, 0.3) is 0 Å². The first-order valence-electron chi connectivity index (χ1n) is 8.91. The van der Waals surface area contributed by atoms with Gasteiger partial charge in [-0.15, -0.1) is 0 Å². The van der Waals surface area contributed by atoms with Crippen molar-refractivity contribution in [1.29, 1.82) is 0 Å². The molecule has 0 aromatic heterocycles. The van der Waals surface area contributed by atoms with Crippen molar-refractivity contribution in [1.82, 2.24) is 0 Å². The normalized spacial score (nSPS) is 11.4. The van der Waals surface area contributed by atoms with E-state index in [1.54, 1.807) is 36.4 Å². The molecular weight excluding hydrogens is 356 g/mol. The summed E-state index contributed by atoms with van der Waals surface area (Å²) in [6.07, 6.45) is 0. The largest absolute Gasteiger partial charge is 0.339 e. The van der Waals surface area contributed by atoms with Crippen LogP contribution in [0.5, 0.6) is 0 Å². The number of hydrogen-bond acceptors (Lipinski definition) is 3. The average Bonchev–Trinajstić information content (AvgIpc) is 2.64. The summed E-state index contributed by atoms with van der Waals surface area (Å²) in [6, 6.07) is 24.7. The van der Waals surface area contributed by atoms with E-state index in [1.165, 1.54) is 0 Å². The molecule has 0 atom stereocenters. The monoisotopic (exact) mass is 380 g/mol. The molecule has 0 heterocycles. The lowest BCUT2D eigenvalue weighted by molar-refractivity contribution is 0.601. The molecule has 4 nitrogen and oxygen atoms in total. The Balaban J connectivity index is 1.83. The Bertz CT molecular complexity index is 981. The van der Waals surface area contributed by atoms with Crippen LogP contribution >= 0.6 is 0 Å². The molecule has 0 aliphatic rings. The predicted molar refractivity (Wildman–Crippen MR) is 112 cm³/mol. The number of sulfonamides is 1. The van der Waals surface area contributed by atoms with Gasteiger partial charge in [-0.3, -0.25) is 4.72 Å². The number of nitrogens with one attached hydrogen (secondary N) is 1. The van der Waals surface area contributed by atoms with Crippen LogP contribution in [-0.4, -0.2) is 14.5 Å². The van der Waals surface area contributed by atoms with E-state index < -0.39 is 10.0 Å². The van der Waals surface area contributed by atoms with Gasteiger partial charge in [0.1, 0.15) is 0 Å². The van der Waals surface area contributed by atoms with E-state index in [0.717, 1.165) is 16.9 Å². The van der Waals surface area contributed by atoms with Crippen LogP contribution in [0.1, 0.15) is 19.4 Å². The van der Waals surface area contributed by atoms with Gasteiger partial charge in [-0.25, -0.2) is 8.42 Å². The maximum absolute atomic E-state index is 12.5. The van der Waals surface area contributed by atoms with E-state index in [1.807, 2.05) is 37.3 Å². The topological polar surface area (TPSA) is 49.4 Å². The third kappa shape index (κ3) is 4.49. The summed E-state index contributed by atoms with van der Waals surface area (Å²) in [5.74, 6) is 0.